The van der Waals surface area contributed by atoms with Gasteiger partial charge in [0, 0.05) is 32.9 Å². The number of benzene rings is 1. The summed E-state index contributed by atoms with van der Waals surface area (Å²) in [7, 11) is 0. The zero-order chi connectivity index (χ0) is 13.9. The van der Waals surface area contributed by atoms with Gasteiger partial charge in [-0.1, -0.05) is 0 Å². The zero-order valence-electron chi connectivity index (χ0n) is 10.9. The molecule has 5 heteroatoms. The number of rotatable bonds is 6. The number of hydrogen-bond acceptors (Lipinski definition) is 3. The van der Waals surface area contributed by atoms with Gasteiger partial charge in [-0.25, -0.2) is 4.39 Å². The summed E-state index contributed by atoms with van der Waals surface area (Å²) in [5.41, 5.74) is 0.882. The lowest BCUT2D eigenvalue weighted by molar-refractivity contribution is 0.305. The highest BCUT2D eigenvalue weighted by Crippen LogP contribution is 2.26. The quantitative estimate of drug-likeness (QED) is 0.824. The Hall–Kier alpha value is -0.910. The molecule has 1 fully saturated rings. The number of halogens is 2. The summed E-state index contributed by atoms with van der Waals surface area (Å²) in [5.74, 6) is 0.535. The maximum absolute atomic E-state index is 13.4. The molecule has 0 radical (unpaired) electrons. The van der Waals surface area contributed by atoms with Gasteiger partial charge < -0.3 is 10.1 Å². The van der Waals surface area contributed by atoms with Gasteiger partial charge in [-0.2, -0.15) is 0 Å². The van der Waals surface area contributed by atoms with Gasteiger partial charge in [0.25, 0.3) is 0 Å². The maximum atomic E-state index is 13.4. The van der Waals surface area contributed by atoms with Crippen molar-refractivity contribution in [2.75, 3.05) is 0 Å². The molecule has 1 saturated carbocycles. The molecular formula is C15H15BrFNOS. The molecule has 0 amide bonds. The molecule has 1 aromatic heterocycles. The van der Waals surface area contributed by atoms with E-state index in [-0.39, 0.29) is 5.82 Å². The van der Waals surface area contributed by atoms with Crippen molar-refractivity contribution in [3.8, 4) is 5.75 Å². The number of thiophene rings is 1. The van der Waals surface area contributed by atoms with Crippen LogP contribution in [0.4, 0.5) is 4.39 Å². The molecule has 1 aromatic carbocycles. The Labute approximate surface area is 130 Å². The van der Waals surface area contributed by atoms with Crippen LogP contribution in [0, 0.1) is 5.82 Å². The van der Waals surface area contributed by atoms with Crippen LogP contribution < -0.4 is 10.1 Å². The van der Waals surface area contributed by atoms with Crippen LogP contribution in [-0.2, 0) is 13.2 Å². The molecule has 0 atom stereocenters. The molecule has 106 valence electrons. The molecule has 20 heavy (non-hydrogen) atoms. The largest absolute Gasteiger partial charge is 0.488 e. The predicted molar refractivity (Wildman–Crippen MR) is 82.6 cm³/mol. The summed E-state index contributed by atoms with van der Waals surface area (Å²) in [6.45, 7) is 1.17. The van der Waals surface area contributed by atoms with E-state index >= 15 is 0 Å². The first-order valence-electron chi connectivity index (χ1n) is 6.58. The molecule has 2 aromatic rings. The number of nitrogens with one attached hydrogen (secondary N) is 1. The molecule has 2 nitrogen and oxygen atoms in total. The Morgan fingerprint density at radius 2 is 2.20 bits per heavy atom. The lowest BCUT2D eigenvalue weighted by atomic mass is 10.2. The van der Waals surface area contributed by atoms with Crippen LogP contribution in [0.15, 0.2) is 34.1 Å². The number of hydrogen-bond donors (Lipinski definition) is 1. The predicted octanol–water partition coefficient (Wildman–Crippen LogP) is 4.48. The number of ether oxygens (including phenoxy) is 1. The molecule has 1 aliphatic rings. The average molecular weight is 356 g/mol. The summed E-state index contributed by atoms with van der Waals surface area (Å²) in [4.78, 5) is 1.14. The molecule has 0 bridgehead atoms. The third-order valence-corrected chi connectivity index (χ3v) is 4.84. The molecule has 1 aliphatic carbocycles. The van der Waals surface area contributed by atoms with Crippen LogP contribution >= 0.6 is 27.3 Å². The highest BCUT2D eigenvalue weighted by atomic mass is 79.9. The molecule has 0 spiro atoms. The van der Waals surface area contributed by atoms with E-state index in [0.29, 0.717) is 19.2 Å². The van der Waals surface area contributed by atoms with Crippen LogP contribution in [0.25, 0.3) is 0 Å². The van der Waals surface area contributed by atoms with Crippen molar-refractivity contribution in [2.24, 2.45) is 0 Å². The summed E-state index contributed by atoms with van der Waals surface area (Å²) < 4.78 is 20.3. The second-order valence-corrected chi connectivity index (χ2v) is 6.84. The lowest BCUT2D eigenvalue weighted by Crippen LogP contribution is -2.16. The van der Waals surface area contributed by atoms with Crippen molar-refractivity contribution in [1.82, 2.24) is 5.32 Å². The van der Waals surface area contributed by atoms with Crippen LogP contribution in [-0.4, -0.2) is 6.04 Å². The Balaban J connectivity index is 1.66. The van der Waals surface area contributed by atoms with Crippen molar-refractivity contribution < 1.29 is 9.13 Å². The van der Waals surface area contributed by atoms with Crippen molar-refractivity contribution in [3.05, 3.63) is 50.4 Å². The van der Waals surface area contributed by atoms with E-state index in [1.54, 1.807) is 23.5 Å². The van der Waals surface area contributed by atoms with Crippen molar-refractivity contribution in [1.29, 1.82) is 0 Å². The summed E-state index contributed by atoms with van der Waals surface area (Å²) in [6, 6.07) is 7.34. The SMILES string of the molecule is Fc1ccc(OCc2cc(Br)cs2)c(CNC2CC2)c1. The first kappa shape index (κ1) is 14.0. The van der Waals surface area contributed by atoms with E-state index in [1.165, 1.54) is 18.9 Å². The minimum absolute atomic E-state index is 0.219. The van der Waals surface area contributed by atoms with Gasteiger partial charge in [-0.3, -0.25) is 0 Å². The highest BCUT2D eigenvalue weighted by molar-refractivity contribution is 9.10. The Kier molecular flexibility index (Phi) is 4.38. The van der Waals surface area contributed by atoms with Gasteiger partial charge in [-0.05, 0) is 53.0 Å². The molecule has 3 rings (SSSR count). The summed E-state index contributed by atoms with van der Waals surface area (Å²) >= 11 is 5.07. The third kappa shape index (κ3) is 3.81. The highest BCUT2D eigenvalue weighted by Gasteiger charge is 2.20. The van der Waals surface area contributed by atoms with Gasteiger partial charge in [0.15, 0.2) is 0 Å². The van der Waals surface area contributed by atoms with Crippen molar-refractivity contribution >= 4 is 27.3 Å². The van der Waals surface area contributed by atoms with Crippen molar-refractivity contribution in [2.45, 2.75) is 32.0 Å². The van der Waals surface area contributed by atoms with Crippen LogP contribution in [0.3, 0.4) is 0 Å². The Bertz CT molecular complexity index is 597. The van der Waals surface area contributed by atoms with Crippen LogP contribution in [0.2, 0.25) is 0 Å². The first-order valence-corrected chi connectivity index (χ1v) is 8.25. The average Bonchev–Trinajstić information content (AvgIpc) is 3.17. The zero-order valence-corrected chi connectivity index (χ0v) is 13.3. The van der Waals surface area contributed by atoms with Gasteiger partial charge in [0.05, 0.1) is 0 Å². The van der Waals surface area contributed by atoms with Crippen molar-refractivity contribution in [3.63, 3.8) is 0 Å². The minimum Gasteiger partial charge on any atom is -0.488 e. The van der Waals surface area contributed by atoms with E-state index in [9.17, 15) is 4.39 Å². The van der Waals surface area contributed by atoms with Gasteiger partial charge >= 0.3 is 0 Å². The maximum Gasteiger partial charge on any atom is 0.124 e. The second-order valence-electron chi connectivity index (χ2n) is 4.93. The van der Waals surface area contributed by atoms with E-state index in [2.05, 4.69) is 21.2 Å². The van der Waals surface area contributed by atoms with Crippen LogP contribution in [0.5, 0.6) is 5.75 Å². The van der Waals surface area contributed by atoms with E-state index in [1.807, 2.05) is 11.4 Å². The molecule has 0 saturated heterocycles. The third-order valence-electron chi connectivity index (χ3n) is 3.17. The van der Waals surface area contributed by atoms with Gasteiger partial charge in [0.2, 0.25) is 0 Å². The lowest BCUT2D eigenvalue weighted by Gasteiger charge is -2.11. The smallest absolute Gasteiger partial charge is 0.124 e. The van der Waals surface area contributed by atoms with Gasteiger partial charge in [0.1, 0.15) is 18.2 Å². The normalized spacial score (nSPS) is 14.5. The fourth-order valence-electron chi connectivity index (χ4n) is 1.95. The topological polar surface area (TPSA) is 21.3 Å². The molecule has 1 N–H and O–H groups in total. The first-order chi connectivity index (χ1) is 9.70. The molecule has 1 heterocycles. The molecular weight excluding hydrogens is 341 g/mol. The molecule has 0 unspecified atom stereocenters. The molecule has 0 aliphatic heterocycles. The van der Waals surface area contributed by atoms with Gasteiger partial charge in [-0.15, -0.1) is 11.3 Å². The minimum atomic E-state index is -0.219. The summed E-state index contributed by atoms with van der Waals surface area (Å²) in [6.07, 6.45) is 2.43. The Morgan fingerprint density at radius 1 is 1.35 bits per heavy atom. The second kappa shape index (κ2) is 6.24. The standard InChI is InChI=1S/C15H15BrFNOS/c16-11-6-14(20-9-11)8-19-15-4-1-12(17)5-10(15)7-18-13-2-3-13/h1,4-6,9,13,18H,2-3,7-8H2. The fourth-order valence-corrected chi connectivity index (χ4v) is 3.31. The van der Waals surface area contributed by atoms with Crippen LogP contribution in [0.1, 0.15) is 23.3 Å². The summed E-state index contributed by atoms with van der Waals surface area (Å²) in [5, 5.41) is 5.42. The van der Waals surface area contributed by atoms with E-state index < -0.39 is 0 Å². The van der Waals surface area contributed by atoms with E-state index in [4.69, 9.17) is 4.74 Å². The monoisotopic (exact) mass is 355 g/mol. The van der Waals surface area contributed by atoms with E-state index in [0.717, 1.165) is 20.7 Å². The fraction of sp³-hybridized carbons (Fsp3) is 0.333. The Morgan fingerprint density at radius 3 is 2.90 bits per heavy atom.